The second-order valence-corrected chi connectivity index (χ2v) is 4.35. The number of rotatable bonds is 4. The lowest BCUT2D eigenvalue weighted by molar-refractivity contribution is -0.167. The highest BCUT2D eigenvalue weighted by molar-refractivity contribution is 6.12. The van der Waals surface area contributed by atoms with Gasteiger partial charge in [-0.25, -0.2) is 13.6 Å². The molecule has 0 saturated heterocycles. The van der Waals surface area contributed by atoms with Crippen LogP contribution in [0.15, 0.2) is 30.5 Å². The van der Waals surface area contributed by atoms with Crippen LogP contribution in [0.5, 0.6) is 0 Å². The Bertz CT molecular complexity index is 572. The summed E-state index contributed by atoms with van der Waals surface area (Å²) in [7, 11) is 0. The highest BCUT2D eigenvalue weighted by atomic mass is 19.1. The zero-order chi connectivity index (χ0) is 15.5. The van der Waals surface area contributed by atoms with Crippen LogP contribution in [-0.4, -0.2) is 24.1 Å². The summed E-state index contributed by atoms with van der Waals surface area (Å²) in [6.07, 6.45) is 2.68. The Morgan fingerprint density at radius 1 is 1.33 bits per heavy atom. The molecule has 0 radical (unpaired) electrons. The SMILES string of the molecule is CCOC(=O)C1(C(=O)Nc2cc(F)cc(F)c2)CC=CO1. The molecular formula is C14H13F2NO4. The lowest BCUT2D eigenvalue weighted by atomic mass is 9.99. The molecule has 5 nitrogen and oxygen atoms in total. The fourth-order valence-electron chi connectivity index (χ4n) is 1.90. The predicted molar refractivity (Wildman–Crippen MR) is 69.2 cm³/mol. The minimum atomic E-state index is -1.86. The third-order valence-electron chi connectivity index (χ3n) is 2.86. The van der Waals surface area contributed by atoms with Crippen LogP contribution in [0.3, 0.4) is 0 Å². The van der Waals surface area contributed by atoms with Crippen molar-refractivity contribution in [1.29, 1.82) is 0 Å². The molecule has 1 amide bonds. The number of esters is 1. The van der Waals surface area contributed by atoms with Gasteiger partial charge in [0.25, 0.3) is 11.5 Å². The number of carbonyl (C=O) groups is 2. The first kappa shape index (κ1) is 15.0. The molecule has 1 aliphatic rings. The fraction of sp³-hybridized carbons (Fsp3) is 0.286. The maximum absolute atomic E-state index is 13.1. The maximum Gasteiger partial charge on any atom is 0.360 e. The van der Waals surface area contributed by atoms with Gasteiger partial charge in [-0.2, -0.15) is 0 Å². The Morgan fingerprint density at radius 3 is 2.52 bits per heavy atom. The van der Waals surface area contributed by atoms with Gasteiger partial charge in [0.15, 0.2) is 0 Å². The molecule has 1 heterocycles. The van der Waals surface area contributed by atoms with E-state index >= 15 is 0 Å². The van der Waals surface area contributed by atoms with Crippen LogP contribution in [0.25, 0.3) is 0 Å². The van der Waals surface area contributed by atoms with Gasteiger partial charge in [-0.05, 0) is 25.1 Å². The number of hydrogen-bond donors (Lipinski definition) is 1. The van der Waals surface area contributed by atoms with Crippen LogP contribution in [0.2, 0.25) is 0 Å². The Hall–Kier alpha value is -2.44. The third kappa shape index (κ3) is 3.01. The van der Waals surface area contributed by atoms with Crippen molar-refractivity contribution in [1.82, 2.24) is 0 Å². The first-order chi connectivity index (χ1) is 9.98. The molecular weight excluding hydrogens is 284 g/mol. The van der Waals surface area contributed by atoms with Gasteiger partial charge in [0.2, 0.25) is 0 Å². The van der Waals surface area contributed by atoms with E-state index in [0.29, 0.717) is 6.07 Å². The average Bonchev–Trinajstić information content (AvgIpc) is 2.88. The van der Waals surface area contributed by atoms with Gasteiger partial charge in [0.05, 0.1) is 12.9 Å². The van der Waals surface area contributed by atoms with Crippen molar-refractivity contribution in [2.75, 3.05) is 11.9 Å². The van der Waals surface area contributed by atoms with E-state index in [1.807, 2.05) is 0 Å². The number of halogens is 2. The third-order valence-corrected chi connectivity index (χ3v) is 2.86. The van der Waals surface area contributed by atoms with Crippen molar-refractivity contribution in [3.8, 4) is 0 Å². The molecule has 21 heavy (non-hydrogen) atoms. The van der Waals surface area contributed by atoms with E-state index < -0.39 is 29.1 Å². The van der Waals surface area contributed by atoms with E-state index in [1.165, 1.54) is 12.3 Å². The standard InChI is InChI=1S/C14H13F2NO4/c1-2-20-13(19)14(4-3-5-21-14)12(18)17-11-7-9(15)6-10(16)8-11/h3,5-8H,2,4H2,1H3,(H,17,18). The van der Waals surface area contributed by atoms with Crippen molar-refractivity contribution in [3.63, 3.8) is 0 Å². The van der Waals surface area contributed by atoms with E-state index in [9.17, 15) is 18.4 Å². The summed E-state index contributed by atoms with van der Waals surface area (Å²) < 4.78 is 36.1. The van der Waals surface area contributed by atoms with Gasteiger partial charge in [0, 0.05) is 18.2 Å². The largest absolute Gasteiger partial charge is 0.473 e. The second-order valence-electron chi connectivity index (χ2n) is 4.35. The molecule has 7 heteroatoms. The smallest absolute Gasteiger partial charge is 0.360 e. The molecule has 112 valence electrons. The molecule has 0 bridgehead atoms. The summed E-state index contributed by atoms with van der Waals surface area (Å²) >= 11 is 0. The molecule has 1 N–H and O–H groups in total. The number of anilines is 1. The lowest BCUT2D eigenvalue weighted by Gasteiger charge is -2.24. The Balaban J connectivity index is 2.21. The fourth-order valence-corrected chi connectivity index (χ4v) is 1.90. The van der Waals surface area contributed by atoms with Crippen molar-refractivity contribution >= 4 is 17.6 Å². The van der Waals surface area contributed by atoms with Gasteiger partial charge in [-0.15, -0.1) is 0 Å². The Labute approximate surface area is 119 Å². The van der Waals surface area contributed by atoms with Gasteiger partial charge in [-0.3, -0.25) is 4.79 Å². The minimum absolute atomic E-state index is 0.0184. The average molecular weight is 297 g/mol. The van der Waals surface area contributed by atoms with Gasteiger partial charge in [0.1, 0.15) is 11.6 Å². The zero-order valence-electron chi connectivity index (χ0n) is 11.2. The number of nitrogens with one attached hydrogen (secondary N) is 1. The topological polar surface area (TPSA) is 64.6 Å². The number of carbonyl (C=O) groups excluding carboxylic acids is 2. The van der Waals surface area contributed by atoms with Crippen molar-refractivity contribution in [2.24, 2.45) is 0 Å². The number of hydrogen-bond acceptors (Lipinski definition) is 4. The molecule has 0 saturated carbocycles. The molecule has 0 aromatic heterocycles. The molecule has 0 aliphatic carbocycles. The van der Waals surface area contributed by atoms with Crippen molar-refractivity contribution in [2.45, 2.75) is 18.9 Å². The molecule has 1 atom stereocenters. The Kier molecular flexibility index (Phi) is 4.21. The van der Waals surface area contributed by atoms with Crippen LogP contribution in [0, 0.1) is 11.6 Å². The maximum atomic E-state index is 13.1. The van der Waals surface area contributed by atoms with Crippen molar-refractivity contribution in [3.05, 3.63) is 42.2 Å². The van der Waals surface area contributed by atoms with Crippen molar-refractivity contribution < 1.29 is 27.8 Å². The van der Waals surface area contributed by atoms with Crippen LogP contribution in [0.1, 0.15) is 13.3 Å². The first-order valence-electron chi connectivity index (χ1n) is 6.25. The summed E-state index contributed by atoms with van der Waals surface area (Å²) in [5, 5.41) is 2.26. The van der Waals surface area contributed by atoms with E-state index in [1.54, 1.807) is 6.92 Å². The van der Waals surface area contributed by atoms with Gasteiger partial charge in [-0.1, -0.05) is 0 Å². The van der Waals surface area contributed by atoms with Crippen LogP contribution in [0.4, 0.5) is 14.5 Å². The summed E-state index contributed by atoms with van der Waals surface area (Å²) in [6, 6.07) is 2.54. The number of ether oxygens (including phenoxy) is 2. The second kappa shape index (κ2) is 5.90. The van der Waals surface area contributed by atoms with Crippen LogP contribution >= 0.6 is 0 Å². The lowest BCUT2D eigenvalue weighted by Crippen LogP contribution is -2.50. The molecule has 1 aromatic carbocycles. The van der Waals surface area contributed by atoms with Gasteiger partial charge < -0.3 is 14.8 Å². The summed E-state index contributed by atoms with van der Waals surface area (Å²) in [5.41, 5.74) is -1.98. The molecule has 1 unspecified atom stereocenters. The monoisotopic (exact) mass is 297 g/mol. The van der Waals surface area contributed by atoms with E-state index in [4.69, 9.17) is 9.47 Å². The Morgan fingerprint density at radius 2 is 2.00 bits per heavy atom. The predicted octanol–water partition coefficient (Wildman–Crippen LogP) is 2.14. The minimum Gasteiger partial charge on any atom is -0.473 e. The highest BCUT2D eigenvalue weighted by Gasteiger charge is 2.50. The molecule has 0 fully saturated rings. The van der Waals surface area contributed by atoms with E-state index in [2.05, 4.69) is 5.32 Å². The van der Waals surface area contributed by atoms with Crippen LogP contribution in [-0.2, 0) is 19.1 Å². The molecule has 1 aliphatic heterocycles. The number of benzene rings is 1. The quantitative estimate of drug-likeness (QED) is 0.683. The van der Waals surface area contributed by atoms with Crippen LogP contribution < -0.4 is 5.32 Å². The highest BCUT2D eigenvalue weighted by Crippen LogP contribution is 2.27. The molecule has 1 aromatic rings. The summed E-state index contributed by atoms with van der Waals surface area (Å²) in [5.74, 6) is -3.40. The summed E-state index contributed by atoms with van der Waals surface area (Å²) in [6.45, 7) is 1.67. The summed E-state index contributed by atoms with van der Waals surface area (Å²) in [4.78, 5) is 24.2. The normalized spacial score (nSPS) is 20.0. The molecule has 2 rings (SSSR count). The van der Waals surface area contributed by atoms with E-state index in [-0.39, 0.29) is 18.7 Å². The van der Waals surface area contributed by atoms with E-state index in [0.717, 1.165) is 12.1 Å². The molecule has 0 spiro atoms. The van der Waals surface area contributed by atoms with Gasteiger partial charge >= 0.3 is 5.97 Å². The first-order valence-corrected chi connectivity index (χ1v) is 6.25. The zero-order valence-corrected chi connectivity index (χ0v) is 11.2. The number of amides is 1.